The normalized spacial score (nSPS) is 10.6. The Balaban J connectivity index is 1.68. The number of methoxy groups -OCH3 is 2. The largest absolute Gasteiger partial charge is 0.493 e. The van der Waals surface area contributed by atoms with Crippen molar-refractivity contribution in [1.29, 1.82) is 0 Å². The number of ether oxygens (including phenoxy) is 2. The van der Waals surface area contributed by atoms with Gasteiger partial charge in [0.2, 0.25) is 11.7 Å². The van der Waals surface area contributed by atoms with Gasteiger partial charge in [0.25, 0.3) is 0 Å². The van der Waals surface area contributed by atoms with Crippen LogP contribution < -0.4 is 9.47 Å². The van der Waals surface area contributed by atoms with Gasteiger partial charge in [-0.05, 0) is 54.1 Å². The topological polar surface area (TPSA) is 82.4 Å². The molecule has 152 valence electrons. The summed E-state index contributed by atoms with van der Waals surface area (Å²) in [4.78, 5) is 15.8. The molecule has 1 aromatic heterocycles. The molecule has 2 aromatic carbocycles. The first kappa shape index (κ1) is 20.6. The van der Waals surface area contributed by atoms with Crippen LogP contribution in [0.4, 0.5) is 0 Å². The van der Waals surface area contributed by atoms with Crippen molar-refractivity contribution in [2.75, 3.05) is 20.8 Å². The highest BCUT2D eigenvalue weighted by atomic mass is 35.5. The van der Waals surface area contributed by atoms with Crippen LogP contribution in [0, 0.1) is 0 Å². The van der Waals surface area contributed by atoms with E-state index in [0.717, 1.165) is 11.1 Å². The Morgan fingerprint density at radius 1 is 1.10 bits per heavy atom. The number of carbonyl (C=O) groups is 1. The average molecular weight is 416 g/mol. The zero-order valence-electron chi connectivity index (χ0n) is 16.5. The number of tetrazole rings is 1. The molecule has 0 atom stereocenters. The van der Waals surface area contributed by atoms with Crippen LogP contribution in [0.1, 0.15) is 12.5 Å². The van der Waals surface area contributed by atoms with E-state index in [2.05, 4.69) is 15.4 Å². The van der Waals surface area contributed by atoms with E-state index >= 15 is 0 Å². The van der Waals surface area contributed by atoms with Gasteiger partial charge in [0.05, 0.1) is 14.2 Å². The van der Waals surface area contributed by atoms with Gasteiger partial charge in [-0.1, -0.05) is 17.7 Å². The van der Waals surface area contributed by atoms with Gasteiger partial charge >= 0.3 is 0 Å². The molecule has 29 heavy (non-hydrogen) atoms. The molecule has 3 aromatic rings. The molecule has 0 saturated heterocycles. The fourth-order valence-corrected chi connectivity index (χ4v) is 2.95. The maximum atomic E-state index is 12.7. The molecular weight excluding hydrogens is 394 g/mol. The van der Waals surface area contributed by atoms with Crippen molar-refractivity contribution in [3.63, 3.8) is 0 Å². The van der Waals surface area contributed by atoms with E-state index in [-0.39, 0.29) is 12.5 Å². The summed E-state index contributed by atoms with van der Waals surface area (Å²) >= 11 is 5.90. The maximum Gasteiger partial charge on any atom is 0.246 e. The Morgan fingerprint density at radius 3 is 2.48 bits per heavy atom. The monoisotopic (exact) mass is 415 g/mol. The number of likely N-dealkylation sites (N-methyl/N-ethyl adjacent to an activating group) is 1. The highest BCUT2D eigenvalue weighted by molar-refractivity contribution is 6.30. The molecule has 0 unspecified atom stereocenters. The summed E-state index contributed by atoms with van der Waals surface area (Å²) in [7, 11) is 3.17. The summed E-state index contributed by atoms with van der Waals surface area (Å²) in [5, 5.41) is 12.9. The van der Waals surface area contributed by atoms with Crippen LogP contribution in [0.15, 0.2) is 42.5 Å². The summed E-state index contributed by atoms with van der Waals surface area (Å²) in [5.74, 6) is 1.60. The van der Waals surface area contributed by atoms with Crippen LogP contribution in [-0.4, -0.2) is 51.8 Å². The van der Waals surface area contributed by atoms with Crippen molar-refractivity contribution >= 4 is 17.5 Å². The summed E-state index contributed by atoms with van der Waals surface area (Å²) in [6, 6.07) is 12.7. The van der Waals surface area contributed by atoms with Gasteiger partial charge < -0.3 is 14.4 Å². The van der Waals surface area contributed by atoms with Crippen molar-refractivity contribution in [2.24, 2.45) is 0 Å². The molecule has 0 radical (unpaired) electrons. The van der Waals surface area contributed by atoms with Crippen molar-refractivity contribution < 1.29 is 14.3 Å². The first-order chi connectivity index (χ1) is 14.0. The van der Waals surface area contributed by atoms with Crippen LogP contribution in [0.25, 0.3) is 11.4 Å². The van der Waals surface area contributed by atoms with E-state index in [1.165, 1.54) is 4.80 Å². The lowest BCUT2D eigenvalue weighted by molar-refractivity contribution is -0.132. The van der Waals surface area contributed by atoms with Crippen molar-refractivity contribution in [3.8, 4) is 22.9 Å². The molecule has 1 amide bonds. The first-order valence-electron chi connectivity index (χ1n) is 9.06. The molecule has 0 spiro atoms. The predicted octanol–water partition coefficient (Wildman–Crippen LogP) is 3.06. The number of aromatic nitrogens is 4. The Hall–Kier alpha value is -3.13. The molecule has 0 aliphatic carbocycles. The summed E-state index contributed by atoms with van der Waals surface area (Å²) in [6.07, 6.45) is 0. The minimum atomic E-state index is -0.109. The fraction of sp³-hybridized carbons (Fsp3) is 0.300. The molecule has 0 saturated carbocycles. The number of nitrogens with zero attached hydrogens (tertiary/aromatic N) is 5. The van der Waals surface area contributed by atoms with Gasteiger partial charge in [-0.15, -0.1) is 10.2 Å². The number of carbonyl (C=O) groups excluding carboxylic acids is 1. The van der Waals surface area contributed by atoms with Gasteiger partial charge in [0.1, 0.15) is 6.54 Å². The van der Waals surface area contributed by atoms with E-state index in [1.54, 1.807) is 43.4 Å². The average Bonchev–Trinajstić information content (AvgIpc) is 3.20. The maximum absolute atomic E-state index is 12.7. The number of rotatable bonds is 8. The lowest BCUT2D eigenvalue weighted by Gasteiger charge is -2.21. The third-order valence-corrected chi connectivity index (χ3v) is 4.64. The predicted molar refractivity (Wildman–Crippen MR) is 109 cm³/mol. The second-order valence-electron chi connectivity index (χ2n) is 6.25. The lowest BCUT2D eigenvalue weighted by Crippen LogP contribution is -2.33. The number of hydrogen-bond acceptors (Lipinski definition) is 6. The van der Waals surface area contributed by atoms with E-state index in [4.69, 9.17) is 21.1 Å². The van der Waals surface area contributed by atoms with E-state index in [9.17, 15) is 4.79 Å². The molecule has 0 fully saturated rings. The molecule has 3 rings (SSSR count). The number of amides is 1. The molecular formula is C20H22ClN5O3. The van der Waals surface area contributed by atoms with Crippen LogP contribution in [0.5, 0.6) is 11.5 Å². The fourth-order valence-electron chi connectivity index (χ4n) is 2.82. The number of hydrogen-bond donors (Lipinski definition) is 0. The number of benzene rings is 2. The van der Waals surface area contributed by atoms with Gasteiger partial charge in [-0.2, -0.15) is 4.80 Å². The highest BCUT2D eigenvalue weighted by Gasteiger charge is 2.16. The van der Waals surface area contributed by atoms with Gasteiger partial charge in [0, 0.05) is 23.7 Å². The number of halogens is 1. The Bertz CT molecular complexity index is 975. The second-order valence-corrected chi connectivity index (χ2v) is 6.68. The molecule has 1 heterocycles. The Labute approximate surface area is 174 Å². The third kappa shape index (κ3) is 5.03. The van der Waals surface area contributed by atoms with Crippen LogP contribution in [-0.2, 0) is 17.9 Å². The second kappa shape index (κ2) is 9.38. The summed E-state index contributed by atoms with van der Waals surface area (Å²) in [5.41, 5.74) is 1.72. The van der Waals surface area contributed by atoms with Crippen LogP contribution in [0.3, 0.4) is 0 Å². The molecule has 0 aliphatic rings. The van der Waals surface area contributed by atoms with E-state index < -0.39 is 0 Å². The first-order valence-corrected chi connectivity index (χ1v) is 9.44. The smallest absolute Gasteiger partial charge is 0.246 e. The van der Waals surface area contributed by atoms with Crippen LogP contribution >= 0.6 is 11.6 Å². The van der Waals surface area contributed by atoms with Crippen molar-refractivity contribution in [2.45, 2.75) is 20.0 Å². The molecule has 0 aliphatic heterocycles. The van der Waals surface area contributed by atoms with Crippen molar-refractivity contribution in [3.05, 3.63) is 53.1 Å². The minimum absolute atomic E-state index is 0.00171. The third-order valence-electron chi connectivity index (χ3n) is 4.39. The van der Waals surface area contributed by atoms with Gasteiger partial charge in [-0.25, -0.2) is 0 Å². The minimum Gasteiger partial charge on any atom is -0.493 e. The summed E-state index contributed by atoms with van der Waals surface area (Å²) < 4.78 is 10.6. The summed E-state index contributed by atoms with van der Waals surface area (Å²) in [6.45, 7) is 2.91. The van der Waals surface area contributed by atoms with Gasteiger partial charge in [0.15, 0.2) is 11.5 Å². The lowest BCUT2D eigenvalue weighted by atomic mass is 10.2. The quantitative estimate of drug-likeness (QED) is 0.562. The van der Waals surface area contributed by atoms with E-state index in [0.29, 0.717) is 35.4 Å². The molecule has 0 bridgehead atoms. The Kier molecular flexibility index (Phi) is 6.66. The van der Waals surface area contributed by atoms with Crippen LogP contribution in [0.2, 0.25) is 5.02 Å². The van der Waals surface area contributed by atoms with E-state index in [1.807, 2.05) is 25.1 Å². The standard InChI is InChI=1S/C20H22ClN5O3/c1-4-25(12-14-5-10-17(28-2)18(11-14)29-3)19(27)13-26-23-20(22-24-26)15-6-8-16(21)9-7-15/h5-11H,4,12-13H2,1-3H3. The SMILES string of the molecule is CCN(Cc1ccc(OC)c(OC)c1)C(=O)Cn1nnc(-c2ccc(Cl)cc2)n1. The highest BCUT2D eigenvalue weighted by Crippen LogP contribution is 2.28. The molecule has 9 heteroatoms. The van der Waals surface area contributed by atoms with Crippen molar-refractivity contribution in [1.82, 2.24) is 25.1 Å². The van der Waals surface area contributed by atoms with Gasteiger partial charge in [-0.3, -0.25) is 4.79 Å². The molecule has 0 N–H and O–H groups in total. The zero-order valence-corrected chi connectivity index (χ0v) is 17.3. The zero-order chi connectivity index (χ0) is 20.8. The Morgan fingerprint density at radius 2 is 1.83 bits per heavy atom. The molecule has 8 nitrogen and oxygen atoms in total.